The van der Waals surface area contributed by atoms with Crippen LogP contribution < -0.4 is 10.6 Å². The van der Waals surface area contributed by atoms with Gasteiger partial charge in [-0.15, -0.1) is 11.8 Å². The van der Waals surface area contributed by atoms with E-state index in [1.165, 1.54) is 5.56 Å². The first kappa shape index (κ1) is 16.4. The lowest BCUT2D eigenvalue weighted by Crippen LogP contribution is -2.44. The summed E-state index contributed by atoms with van der Waals surface area (Å²) in [5.41, 5.74) is 1.53. The molecule has 0 spiro atoms. The first-order valence-corrected chi connectivity index (χ1v) is 8.78. The molecule has 0 saturated carbocycles. The van der Waals surface area contributed by atoms with Crippen LogP contribution in [0.3, 0.4) is 0 Å². The number of carbonyl (C=O) groups is 1. The molecule has 1 amide bonds. The van der Waals surface area contributed by atoms with Crippen molar-refractivity contribution in [3.05, 3.63) is 35.9 Å². The van der Waals surface area contributed by atoms with Gasteiger partial charge < -0.3 is 10.6 Å². The maximum absolute atomic E-state index is 12.2. The highest BCUT2D eigenvalue weighted by molar-refractivity contribution is 7.99. The third-order valence-electron chi connectivity index (χ3n) is 4.21. The monoisotopic (exact) mass is 306 g/mol. The normalized spacial score (nSPS) is 19.0. The van der Waals surface area contributed by atoms with Gasteiger partial charge in [0.1, 0.15) is 0 Å². The van der Waals surface area contributed by atoms with E-state index in [1.54, 1.807) is 11.8 Å². The van der Waals surface area contributed by atoms with Crippen LogP contribution in [0.5, 0.6) is 0 Å². The fourth-order valence-electron chi connectivity index (χ4n) is 2.52. The third kappa shape index (κ3) is 5.36. The predicted octanol–water partition coefficient (Wildman–Crippen LogP) is 2.81. The quantitative estimate of drug-likeness (QED) is 0.849. The Kier molecular flexibility index (Phi) is 6.12. The summed E-state index contributed by atoms with van der Waals surface area (Å²) in [6.45, 7) is 7.18. The first-order chi connectivity index (χ1) is 10.1. The van der Waals surface area contributed by atoms with Gasteiger partial charge in [-0.05, 0) is 43.8 Å². The summed E-state index contributed by atoms with van der Waals surface area (Å²) < 4.78 is 0. The van der Waals surface area contributed by atoms with Crippen LogP contribution in [0.1, 0.15) is 32.3 Å². The first-order valence-electron chi connectivity index (χ1n) is 7.73. The molecule has 0 radical (unpaired) electrons. The summed E-state index contributed by atoms with van der Waals surface area (Å²) in [6.07, 6.45) is 2.28. The lowest BCUT2D eigenvalue weighted by molar-refractivity contribution is -0.120. The second-order valence-electron chi connectivity index (χ2n) is 6.22. The largest absolute Gasteiger partial charge is 0.355 e. The van der Waals surface area contributed by atoms with E-state index in [-0.39, 0.29) is 16.6 Å². The van der Waals surface area contributed by atoms with Gasteiger partial charge in [-0.25, -0.2) is 0 Å². The summed E-state index contributed by atoms with van der Waals surface area (Å²) in [7, 11) is 0. The molecule has 0 aliphatic carbocycles. The minimum Gasteiger partial charge on any atom is -0.355 e. The van der Waals surface area contributed by atoms with Gasteiger partial charge in [0.25, 0.3) is 0 Å². The molecule has 0 aromatic heterocycles. The Morgan fingerprint density at radius 2 is 2.00 bits per heavy atom. The van der Waals surface area contributed by atoms with E-state index in [4.69, 9.17) is 0 Å². The van der Waals surface area contributed by atoms with Crippen molar-refractivity contribution >= 4 is 17.7 Å². The summed E-state index contributed by atoms with van der Waals surface area (Å²) in [5, 5.41) is 6.51. The van der Waals surface area contributed by atoms with Crippen LogP contribution in [0.4, 0.5) is 0 Å². The Balaban J connectivity index is 1.72. The highest BCUT2D eigenvalue weighted by Crippen LogP contribution is 2.27. The highest BCUT2D eigenvalue weighted by Gasteiger charge is 2.27. The van der Waals surface area contributed by atoms with Crippen molar-refractivity contribution in [1.82, 2.24) is 10.6 Å². The highest BCUT2D eigenvalue weighted by atomic mass is 32.2. The Morgan fingerprint density at radius 1 is 1.33 bits per heavy atom. The maximum Gasteiger partial charge on any atom is 0.232 e. The van der Waals surface area contributed by atoms with Gasteiger partial charge in [0.15, 0.2) is 0 Å². The van der Waals surface area contributed by atoms with Crippen molar-refractivity contribution in [3.63, 3.8) is 0 Å². The number of thioether (sulfide) groups is 1. The van der Waals surface area contributed by atoms with E-state index < -0.39 is 0 Å². The van der Waals surface area contributed by atoms with Crippen LogP contribution in [0, 0.1) is 5.41 Å². The molecule has 1 aliphatic heterocycles. The zero-order chi connectivity index (χ0) is 15.1. The zero-order valence-corrected chi connectivity index (χ0v) is 13.8. The van der Waals surface area contributed by atoms with E-state index in [9.17, 15) is 4.79 Å². The average molecular weight is 306 g/mol. The lowest BCUT2D eigenvalue weighted by Gasteiger charge is -2.34. The molecule has 3 nitrogen and oxygen atoms in total. The van der Waals surface area contributed by atoms with Crippen LogP contribution in [0.15, 0.2) is 30.3 Å². The molecule has 116 valence electrons. The van der Waals surface area contributed by atoms with E-state index in [0.29, 0.717) is 0 Å². The van der Waals surface area contributed by atoms with Gasteiger partial charge >= 0.3 is 0 Å². The predicted molar refractivity (Wildman–Crippen MR) is 90.4 cm³/mol. The SMILES string of the molecule is CC(SCc1ccccc1)C(=O)NCC1(C)CCNCC1. The summed E-state index contributed by atoms with van der Waals surface area (Å²) in [6, 6.07) is 10.3. The van der Waals surface area contributed by atoms with Gasteiger partial charge in [-0.2, -0.15) is 0 Å². The van der Waals surface area contributed by atoms with E-state index in [0.717, 1.165) is 38.2 Å². The van der Waals surface area contributed by atoms with Crippen molar-refractivity contribution in [2.24, 2.45) is 5.41 Å². The molecule has 1 aromatic carbocycles. The maximum atomic E-state index is 12.2. The van der Waals surface area contributed by atoms with Crippen molar-refractivity contribution < 1.29 is 4.79 Å². The molecule has 1 atom stereocenters. The molecule has 1 aromatic rings. The number of rotatable bonds is 6. The molecule has 4 heteroatoms. The van der Waals surface area contributed by atoms with E-state index in [2.05, 4.69) is 29.7 Å². The standard InChI is InChI=1S/C17H26N2OS/c1-14(21-12-15-6-4-3-5-7-15)16(20)19-13-17(2)8-10-18-11-9-17/h3-7,14,18H,8-13H2,1-2H3,(H,19,20). The molecule has 1 saturated heterocycles. The topological polar surface area (TPSA) is 41.1 Å². The van der Waals surface area contributed by atoms with Crippen LogP contribution in [0.2, 0.25) is 0 Å². The number of carbonyl (C=O) groups excluding carboxylic acids is 1. The third-order valence-corrected chi connectivity index (χ3v) is 5.43. The molecule has 1 aliphatic rings. The van der Waals surface area contributed by atoms with Crippen LogP contribution in [-0.2, 0) is 10.5 Å². The van der Waals surface area contributed by atoms with Crippen molar-refractivity contribution in [2.45, 2.75) is 37.7 Å². The molecular weight excluding hydrogens is 280 g/mol. The Morgan fingerprint density at radius 3 is 2.67 bits per heavy atom. The van der Waals surface area contributed by atoms with Gasteiger partial charge in [0.05, 0.1) is 5.25 Å². The molecule has 1 unspecified atom stereocenters. The number of hydrogen-bond acceptors (Lipinski definition) is 3. The minimum absolute atomic E-state index is 0.00415. The summed E-state index contributed by atoms with van der Waals surface area (Å²) in [4.78, 5) is 12.2. The Bertz CT molecular complexity index is 443. The van der Waals surface area contributed by atoms with Crippen molar-refractivity contribution in [3.8, 4) is 0 Å². The second kappa shape index (κ2) is 7.85. The molecular formula is C17H26N2OS. The van der Waals surface area contributed by atoms with Gasteiger partial charge in [0.2, 0.25) is 5.91 Å². The summed E-state index contributed by atoms with van der Waals surface area (Å²) >= 11 is 1.70. The minimum atomic E-state index is -0.00415. The molecule has 1 heterocycles. The Labute approximate surface area is 132 Å². The molecule has 1 fully saturated rings. The van der Waals surface area contributed by atoms with Crippen molar-refractivity contribution in [2.75, 3.05) is 19.6 Å². The smallest absolute Gasteiger partial charge is 0.232 e. The number of hydrogen-bond donors (Lipinski definition) is 2. The van der Waals surface area contributed by atoms with Crippen molar-refractivity contribution in [1.29, 1.82) is 0 Å². The molecule has 0 bridgehead atoms. The van der Waals surface area contributed by atoms with Gasteiger partial charge in [-0.3, -0.25) is 4.79 Å². The van der Waals surface area contributed by atoms with E-state index in [1.807, 2.05) is 25.1 Å². The fraction of sp³-hybridized carbons (Fsp3) is 0.588. The van der Waals surface area contributed by atoms with Gasteiger partial charge in [-0.1, -0.05) is 37.3 Å². The summed E-state index contributed by atoms with van der Waals surface area (Å²) in [5.74, 6) is 1.05. The second-order valence-corrected chi connectivity index (χ2v) is 7.55. The van der Waals surface area contributed by atoms with Gasteiger partial charge in [0, 0.05) is 12.3 Å². The Hall–Kier alpha value is -1.00. The number of nitrogens with one attached hydrogen (secondary N) is 2. The zero-order valence-electron chi connectivity index (χ0n) is 13.0. The van der Waals surface area contributed by atoms with Crippen LogP contribution >= 0.6 is 11.8 Å². The number of piperidine rings is 1. The molecule has 2 rings (SSSR count). The number of amides is 1. The van der Waals surface area contributed by atoms with Crippen LogP contribution in [-0.4, -0.2) is 30.8 Å². The molecule has 2 N–H and O–H groups in total. The lowest BCUT2D eigenvalue weighted by atomic mass is 9.81. The van der Waals surface area contributed by atoms with E-state index >= 15 is 0 Å². The van der Waals surface area contributed by atoms with Crippen LogP contribution in [0.25, 0.3) is 0 Å². The average Bonchev–Trinajstić information content (AvgIpc) is 2.52. The molecule has 21 heavy (non-hydrogen) atoms. The number of benzene rings is 1. The fourth-order valence-corrected chi connectivity index (χ4v) is 3.39.